The summed E-state index contributed by atoms with van der Waals surface area (Å²) in [5.74, 6) is 0. The first kappa shape index (κ1) is 14.2. The highest BCUT2D eigenvalue weighted by molar-refractivity contribution is 5.78. The maximum absolute atomic E-state index is 12.4. The fourth-order valence-electron chi connectivity index (χ4n) is 3.34. The van der Waals surface area contributed by atoms with Gasteiger partial charge in [0.2, 0.25) is 0 Å². The van der Waals surface area contributed by atoms with Gasteiger partial charge in [0, 0.05) is 5.41 Å². The number of hydrazine groups is 1. The van der Waals surface area contributed by atoms with Gasteiger partial charge in [-0.2, -0.15) is 0 Å². The molecule has 116 valence electrons. The van der Waals surface area contributed by atoms with Crippen LogP contribution >= 0.6 is 0 Å². The highest BCUT2D eigenvalue weighted by Crippen LogP contribution is 2.63. The van der Waals surface area contributed by atoms with E-state index in [2.05, 4.69) is 0 Å². The van der Waals surface area contributed by atoms with E-state index in [4.69, 9.17) is 9.47 Å². The molecule has 2 fully saturated rings. The Morgan fingerprint density at radius 1 is 0.952 bits per heavy atom. The average molecular weight is 294 g/mol. The van der Waals surface area contributed by atoms with E-state index in [1.807, 2.05) is 12.2 Å². The predicted molar refractivity (Wildman–Crippen MR) is 75.3 cm³/mol. The number of rotatable bonds is 2. The maximum atomic E-state index is 12.4. The van der Waals surface area contributed by atoms with Gasteiger partial charge in [-0.3, -0.25) is 0 Å². The lowest BCUT2D eigenvalue weighted by atomic mass is 9.97. The molecule has 2 aliphatic carbocycles. The fourth-order valence-corrected chi connectivity index (χ4v) is 3.34. The van der Waals surface area contributed by atoms with Crippen LogP contribution in [-0.4, -0.2) is 46.5 Å². The molecule has 0 aromatic rings. The minimum absolute atomic E-state index is 0.00794. The number of ether oxygens (including phenoxy) is 2. The highest BCUT2D eigenvalue weighted by Gasteiger charge is 2.69. The highest BCUT2D eigenvalue weighted by atomic mass is 16.6. The van der Waals surface area contributed by atoms with Gasteiger partial charge in [0.05, 0.1) is 24.3 Å². The molecule has 2 unspecified atom stereocenters. The summed E-state index contributed by atoms with van der Waals surface area (Å²) < 4.78 is 10.6. The molecule has 0 radical (unpaired) electrons. The van der Waals surface area contributed by atoms with E-state index in [1.165, 1.54) is 10.0 Å². The molecule has 21 heavy (non-hydrogen) atoms. The van der Waals surface area contributed by atoms with E-state index in [-0.39, 0.29) is 29.7 Å². The van der Waals surface area contributed by atoms with Crippen LogP contribution in [0.15, 0.2) is 12.2 Å². The lowest BCUT2D eigenvalue weighted by Gasteiger charge is -2.34. The van der Waals surface area contributed by atoms with Crippen molar-refractivity contribution in [3.8, 4) is 0 Å². The summed E-state index contributed by atoms with van der Waals surface area (Å²) in [5.41, 5.74) is -0.00794. The van der Waals surface area contributed by atoms with Crippen LogP contribution in [0.1, 0.15) is 40.5 Å². The van der Waals surface area contributed by atoms with Crippen molar-refractivity contribution in [2.24, 2.45) is 5.41 Å². The summed E-state index contributed by atoms with van der Waals surface area (Å²) >= 11 is 0. The van der Waals surface area contributed by atoms with E-state index in [9.17, 15) is 9.59 Å². The third kappa shape index (κ3) is 2.08. The summed E-state index contributed by atoms with van der Waals surface area (Å²) in [5, 5.41) is 2.89. The number of hydrogen-bond donors (Lipinski definition) is 0. The zero-order chi connectivity index (χ0) is 15.4. The Morgan fingerprint density at radius 2 is 1.33 bits per heavy atom. The van der Waals surface area contributed by atoms with Crippen LogP contribution in [0.25, 0.3) is 0 Å². The minimum atomic E-state index is -0.478. The summed E-state index contributed by atoms with van der Waals surface area (Å²) in [6.45, 7) is 7.19. The molecule has 2 bridgehead atoms. The van der Waals surface area contributed by atoms with Gasteiger partial charge < -0.3 is 9.47 Å². The van der Waals surface area contributed by atoms with Crippen molar-refractivity contribution in [3.05, 3.63) is 12.2 Å². The predicted octanol–water partition coefficient (Wildman–Crippen LogP) is 2.70. The van der Waals surface area contributed by atoms with E-state index >= 15 is 0 Å². The molecule has 0 N–H and O–H groups in total. The second kappa shape index (κ2) is 4.64. The van der Waals surface area contributed by atoms with Crippen LogP contribution in [0.3, 0.4) is 0 Å². The largest absolute Gasteiger partial charge is 0.445 e. The summed E-state index contributed by atoms with van der Waals surface area (Å²) in [6, 6.07) is -0.179. The summed E-state index contributed by atoms with van der Waals surface area (Å²) in [4.78, 5) is 24.8. The number of amides is 2. The van der Waals surface area contributed by atoms with Gasteiger partial charge in [-0.25, -0.2) is 19.6 Å². The molecule has 2 amide bonds. The molecular weight excluding hydrogens is 272 g/mol. The Hall–Kier alpha value is -1.72. The lowest BCUT2D eigenvalue weighted by molar-refractivity contribution is -0.0296. The van der Waals surface area contributed by atoms with Crippen molar-refractivity contribution in [1.82, 2.24) is 10.0 Å². The van der Waals surface area contributed by atoms with E-state index in [1.54, 1.807) is 27.7 Å². The molecule has 1 heterocycles. The standard InChI is InChI=1S/C15H22N2O4/c1-9(2)20-13(18)16-11-5-6-12(15(11)7-8-15)17(16)14(19)21-10(3)4/h5-6,9-12H,7-8H2,1-4H3. The number of carbonyl (C=O) groups is 2. The van der Waals surface area contributed by atoms with Gasteiger partial charge in [0.15, 0.2) is 0 Å². The Balaban J connectivity index is 1.86. The van der Waals surface area contributed by atoms with Crippen LogP contribution < -0.4 is 0 Å². The Morgan fingerprint density at radius 3 is 1.62 bits per heavy atom. The lowest BCUT2D eigenvalue weighted by Crippen LogP contribution is -2.52. The van der Waals surface area contributed by atoms with Gasteiger partial charge >= 0.3 is 12.2 Å². The molecule has 6 heteroatoms. The van der Waals surface area contributed by atoms with Crippen LogP contribution in [0.4, 0.5) is 9.59 Å². The first-order chi connectivity index (χ1) is 9.86. The number of hydrogen-bond acceptors (Lipinski definition) is 4. The van der Waals surface area contributed by atoms with Crippen molar-refractivity contribution in [2.75, 3.05) is 0 Å². The van der Waals surface area contributed by atoms with Crippen molar-refractivity contribution in [3.63, 3.8) is 0 Å². The number of nitrogens with zero attached hydrogens (tertiary/aromatic N) is 2. The second-order valence-corrected chi connectivity index (χ2v) is 6.56. The summed E-state index contributed by atoms with van der Waals surface area (Å²) in [7, 11) is 0. The Bertz CT molecular complexity index is 456. The Labute approximate surface area is 124 Å². The van der Waals surface area contributed by atoms with Gasteiger partial charge in [0.1, 0.15) is 0 Å². The first-order valence-electron chi connectivity index (χ1n) is 7.55. The van der Waals surface area contributed by atoms with Crippen LogP contribution in [-0.2, 0) is 9.47 Å². The molecule has 1 saturated carbocycles. The summed E-state index contributed by atoms with van der Waals surface area (Å²) in [6.07, 6.45) is 4.66. The maximum Gasteiger partial charge on any atom is 0.429 e. The van der Waals surface area contributed by atoms with E-state index in [0.29, 0.717) is 0 Å². The average Bonchev–Trinajstić information content (AvgIpc) is 3.02. The Kier molecular flexibility index (Phi) is 3.15. The van der Waals surface area contributed by atoms with Gasteiger partial charge in [-0.15, -0.1) is 0 Å². The molecule has 1 spiro atoms. The third-order valence-electron chi connectivity index (χ3n) is 4.29. The molecule has 0 aromatic heterocycles. The van der Waals surface area contributed by atoms with Crippen LogP contribution in [0.2, 0.25) is 0 Å². The molecule has 1 aliphatic heterocycles. The number of carbonyl (C=O) groups excluding carboxylic acids is 2. The smallest absolute Gasteiger partial charge is 0.429 e. The van der Waals surface area contributed by atoms with Crippen molar-refractivity contribution in [2.45, 2.75) is 64.8 Å². The molecule has 3 aliphatic rings. The monoisotopic (exact) mass is 294 g/mol. The van der Waals surface area contributed by atoms with Crippen molar-refractivity contribution in [1.29, 1.82) is 0 Å². The SMILES string of the molecule is CC(C)OC(=O)N1C2C=CC(N1C(=O)OC(C)C)C21CC1. The van der Waals surface area contributed by atoms with Crippen molar-refractivity contribution < 1.29 is 19.1 Å². The molecule has 3 rings (SSSR count). The minimum Gasteiger partial charge on any atom is -0.445 e. The van der Waals surface area contributed by atoms with E-state index < -0.39 is 12.2 Å². The first-order valence-corrected chi connectivity index (χ1v) is 7.55. The molecule has 2 atom stereocenters. The van der Waals surface area contributed by atoms with Crippen molar-refractivity contribution >= 4 is 12.2 Å². The zero-order valence-corrected chi connectivity index (χ0v) is 12.9. The normalized spacial score (nSPS) is 27.9. The van der Waals surface area contributed by atoms with Gasteiger partial charge in [-0.1, -0.05) is 12.2 Å². The molecular formula is C15H22N2O4. The molecule has 6 nitrogen and oxygen atoms in total. The fraction of sp³-hybridized carbons (Fsp3) is 0.733. The quantitative estimate of drug-likeness (QED) is 0.735. The van der Waals surface area contributed by atoms with Gasteiger partial charge in [0.25, 0.3) is 0 Å². The zero-order valence-electron chi connectivity index (χ0n) is 12.9. The topological polar surface area (TPSA) is 59.1 Å². The third-order valence-corrected chi connectivity index (χ3v) is 4.29. The van der Waals surface area contributed by atoms with Gasteiger partial charge in [-0.05, 0) is 40.5 Å². The van der Waals surface area contributed by atoms with E-state index in [0.717, 1.165) is 12.8 Å². The van der Waals surface area contributed by atoms with Crippen LogP contribution in [0, 0.1) is 5.41 Å². The molecule has 0 aromatic carbocycles. The van der Waals surface area contributed by atoms with Crippen LogP contribution in [0.5, 0.6) is 0 Å². The second-order valence-electron chi connectivity index (χ2n) is 6.56. The molecule has 1 saturated heterocycles.